The molecular formula is C14H16BN5O5. The fourth-order valence-electron chi connectivity index (χ4n) is 2.63. The average Bonchev–Trinajstić information content (AvgIpc) is 3.02. The normalized spacial score (nSPS) is 16.1. The fourth-order valence-corrected chi connectivity index (χ4v) is 2.63. The molecule has 0 saturated heterocycles. The van der Waals surface area contributed by atoms with Crippen LogP contribution >= 0.6 is 0 Å². The summed E-state index contributed by atoms with van der Waals surface area (Å²) in [6.45, 7) is 0.187. The van der Waals surface area contributed by atoms with Gasteiger partial charge in [0.15, 0.2) is 0 Å². The van der Waals surface area contributed by atoms with Gasteiger partial charge >= 0.3 is 13.1 Å². The van der Waals surface area contributed by atoms with Crippen LogP contribution in [-0.2, 0) is 24.2 Å². The van der Waals surface area contributed by atoms with E-state index in [1.54, 1.807) is 12.1 Å². The van der Waals surface area contributed by atoms with E-state index in [1.807, 2.05) is 0 Å². The molecule has 1 aliphatic heterocycles. The SMILES string of the molecule is NCc1nnc(CC(=O)N[C@H]2Cc3cccc(C(=O)O)c3OB2O)[nH]1. The number of carboxylic acids is 1. The average molecular weight is 345 g/mol. The molecule has 0 unspecified atom stereocenters. The molecule has 0 bridgehead atoms. The Hall–Kier alpha value is -2.92. The van der Waals surface area contributed by atoms with Gasteiger partial charge in [0.2, 0.25) is 5.91 Å². The molecule has 1 atom stereocenters. The smallest absolute Gasteiger partial charge is 0.534 e. The molecule has 130 valence electrons. The van der Waals surface area contributed by atoms with Crippen LogP contribution in [0.3, 0.4) is 0 Å². The van der Waals surface area contributed by atoms with E-state index in [0.717, 1.165) is 0 Å². The van der Waals surface area contributed by atoms with Gasteiger partial charge in [-0.3, -0.25) is 4.79 Å². The lowest BCUT2D eigenvalue weighted by atomic mass is 9.72. The molecule has 1 aromatic carbocycles. The van der Waals surface area contributed by atoms with Crippen molar-refractivity contribution < 1.29 is 24.4 Å². The number of nitrogens with two attached hydrogens (primary N) is 1. The minimum absolute atomic E-state index is 0.0303. The molecule has 2 aromatic rings. The van der Waals surface area contributed by atoms with Crippen LogP contribution in [0.1, 0.15) is 27.6 Å². The number of aromatic nitrogens is 3. The van der Waals surface area contributed by atoms with Crippen molar-refractivity contribution in [2.24, 2.45) is 5.73 Å². The van der Waals surface area contributed by atoms with E-state index in [2.05, 4.69) is 20.5 Å². The maximum atomic E-state index is 12.1. The van der Waals surface area contributed by atoms with Gasteiger partial charge < -0.3 is 30.8 Å². The second-order valence-electron chi connectivity index (χ2n) is 5.58. The molecule has 6 N–H and O–H groups in total. The molecule has 10 nitrogen and oxygen atoms in total. The fraction of sp³-hybridized carbons (Fsp3) is 0.286. The third-order valence-electron chi connectivity index (χ3n) is 3.80. The number of rotatable bonds is 5. The maximum absolute atomic E-state index is 12.1. The number of amides is 1. The summed E-state index contributed by atoms with van der Waals surface area (Å²) in [5.41, 5.74) is 5.98. The largest absolute Gasteiger partial charge is 0.547 e. The van der Waals surface area contributed by atoms with Crippen LogP contribution < -0.4 is 15.7 Å². The highest BCUT2D eigenvalue weighted by Gasteiger charge is 2.37. The first-order valence-electron chi connectivity index (χ1n) is 7.57. The first kappa shape index (κ1) is 16.9. The molecule has 0 saturated carbocycles. The number of carboxylic acid groups (broad SMARTS) is 1. The van der Waals surface area contributed by atoms with Crippen LogP contribution in [0.4, 0.5) is 0 Å². The van der Waals surface area contributed by atoms with E-state index in [1.165, 1.54) is 6.07 Å². The predicted molar refractivity (Wildman–Crippen MR) is 85.6 cm³/mol. The Kier molecular flexibility index (Phi) is 4.68. The first-order chi connectivity index (χ1) is 12.0. The lowest BCUT2D eigenvalue weighted by molar-refractivity contribution is -0.121. The summed E-state index contributed by atoms with van der Waals surface area (Å²) in [5, 5.41) is 29.5. The van der Waals surface area contributed by atoms with Crippen molar-refractivity contribution in [2.45, 2.75) is 25.3 Å². The van der Waals surface area contributed by atoms with Crippen LogP contribution in [-0.4, -0.2) is 50.2 Å². The first-order valence-corrected chi connectivity index (χ1v) is 7.57. The number of benzene rings is 1. The zero-order valence-corrected chi connectivity index (χ0v) is 13.1. The van der Waals surface area contributed by atoms with Gasteiger partial charge in [-0.1, -0.05) is 12.1 Å². The second kappa shape index (κ2) is 6.91. The van der Waals surface area contributed by atoms with Gasteiger partial charge in [0.05, 0.1) is 24.5 Å². The van der Waals surface area contributed by atoms with E-state index in [4.69, 9.17) is 15.5 Å². The Balaban J connectivity index is 1.68. The molecule has 11 heteroatoms. The number of H-pyrrole nitrogens is 1. The Labute approximate surface area is 142 Å². The number of nitrogens with one attached hydrogen (secondary N) is 2. The van der Waals surface area contributed by atoms with Crippen LogP contribution in [0, 0.1) is 0 Å². The number of fused-ring (bicyclic) bond motifs is 1. The number of aromatic amines is 1. The van der Waals surface area contributed by atoms with Crippen molar-refractivity contribution in [2.75, 3.05) is 0 Å². The van der Waals surface area contributed by atoms with Crippen molar-refractivity contribution in [3.8, 4) is 5.75 Å². The zero-order chi connectivity index (χ0) is 18.0. The van der Waals surface area contributed by atoms with Gasteiger partial charge in [0.1, 0.15) is 17.4 Å². The number of hydrogen-bond acceptors (Lipinski definition) is 7. The van der Waals surface area contributed by atoms with Gasteiger partial charge in [-0.15, -0.1) is 10.2 Å². The monoisotopic (exact) mass is 345 g/mol. The van der Waals surface area contributed by atoms with E-state index in [-0.39, 0.29) is 36.6 Å². The molecule has 2 heterocycles. The summed E-state index contributed by atoms with van der Waals surface area (Å²) in [5.74, 6) is -1.29. The maximum Gasteiger partial charge on any atom is 0.547 e. The second-order valence-corrected chi connectivity index (χ2v) is 5.58. The van der Waals surface area contributed by atoms with Gasteiger partial charge in [-0.05, 0) is 18.1 Å². The zero-order valence-electron chi connectivity index (χ0n) is 13.1. The molecule has 1 amide bonds. The van der Waals surface area contributed by atoms with E-state index in [0.29, 0.717) is 17.2 Å². The van der Waals surface area contributed by atoms with Gasteiger partial charge in [-0.25, -0.2) is 4.79 Å². The van der Waals surface area contributed by atoms with Gasteiger partial charge in [0, 0.05) is 0 Å². The third kappa shape index (κ3) is 3.62. The highest BCUT2D eigenvalue weighted by molar-refractivity contribution is 6.47. The number of aromatic carboxylic acids is 1. The van der Waals surface area contributed by atoms with Crippen molar-refractivity contribution in [3.63, 3.8) is 0 Å². The molecule has 0 radical (unpaired) electrons. The Morgan fingerprint density at radius 2 is 2.16 bits per heavy atom. The number of carbonyl (C=O) groups is 2. The summed E-state index contributed by atoms with van der Waals surface area (Å²) in [7, 11) is -1.36. The highest BCUT2D eigenvalue weighted by Crippen LogP contribution is 2.30. The molecule has 1 aromatic heterocycles. The minimum atomic E-state index is -1.36. The number of nitrogens with zero attached hydrogens (tertiary/aromatic N) is 2. The minimum Gasteiger partial charge on any atom is -0.534 e. The van der Waals surface area contributed by atoms with Crippen molar-refractivity contribution in [1.29, 1.82) is 0 Å². The molecule has 3 rings (SSSR count). The highest BCUT2D eigenvalue weighted by atomic mass is 16.5. The van der Waals surface area contributed by atoms with Crippen molar-refractivity contribution in [1.82, 2.24) is 20.5 Å². The van der Waals surface area contributed by atoms with Crippen LogP contribution in [0.2, 0.25) is 0 Å². The van der Waals surface area contributed by atoms with E-state index in [9.17, 15) is 14.6 Å². The van der Waals surface area contributed by atoms with E-state index >= 15 is 0 Å². The van der Waals surface area contributed by atoms with E-state index < -0.39 is 19.0 Å². The molecule has 0 aliphatic carbocycles. The molecule has 0 fully saturated rings. The summed E-state index contributed by atoms with van der Waals surface area (Å²) < 4.78 is 5.32. The number of para-hydroxylation sites is 1. The van der Waals surface area contributed by atoms with Crippen molar-refractivity contribution >= 4 is 19.0 Å². The summed E-state index contributed by atoms with van der Waals surface area (Å²) >= 11 is 0. The lowest BCUT2D eigenvalue weighted by Crippen LogP contribution is -2.53. The topological polar surface area (TPSA) is 163 Å². The van der Waals surface area contributed by atoms with Crippen molar-refractivity contribution in [3.05, 3.63) is 41.0 Å². The molecular weight excluding hydrogens is 329 g/mol. The van der Waals surface area contributed by atoms with Crippen LogP contribution in [0.15, 0.2) is 18.2 Å². The van der Waals surface area contributed by atoms with Crippen LogP contribution in [0.5, 0.6) is 5.75 Å². The lowest BCUT2D eigenvalue weighted by Gasteiger charge is -2.28. The summed E-state index contributed by atoms with van der Waals surface area (Å²) in [6, 6.07) is 4.67. The quantitative estimate of drug-likeness (QED) is 0.415. The predicted octanol–water partition coefficient (Wildman–Crippen LogP) is -1.36. The Morgan fingerprint density at radius 1 is 1.40 bits per heavy atom. The van der Waals surface area contributed by atoms with Crippen LogP contribution in [0.25, 0.3) is 0 Å². The summed E-state index contributed by atoms with van der Waals surface area (Å²) in [4.78, 5) is 26.1. The molecule has 25 heavy (non-hydrogen) atoms. The van der Waals surface area contributed by atoms with Gasteiger partial charge in [0.25, 0.3) is 0 Å². The van der Waals surface area contributed by atoms with Gasteiger partial charge in [-0.2, -0.15) is 0 Å². The molecule has 0 spiro atoms. The Bertz CT molecular complexity index is 811. The third-order valence-corrected chi connectivity index (χ3v) is 3.80. The summed E-state index contributed by atoms with van der Waals surface area (Å²) in [6.07, 6.45) is 0.187. The Morgan fingerprint density at radius 3 is 2.84 bits per heavy atom. The molecule has 1 aliphatic rings. The number of carbonyl (C=O) groups excluding carboxylic acids is 1. The number of hydrogen-bond donors (Lipinski definition) is 5. The standard InChI is InChI=1S/C14H16BN5O5/c16-6-11-18-10(19-20-11)5-12(21)17-9-4-7-2-1-3-8(14(22)23)13(7)25-15(9)24/h1-3,9,24H,4-6,16H2,(H,17,21)(H,22,23)(H,18,19,20)/t9-/m0/s1.